The number of hydrogen-bond acceptors (Lipinski definition) is 4. The molecule has 1 aliphatic rings. The molecule has 1 aromatic heterocycles. The van der Waals surface area contributed by atoms with Crippen molar-refractivity contribution in [3.05, 3.63) is 11.7 Å². The smallest absolute Gasteiger partial charge is 0.231 e. The summed E-state index contributed by atoms with van der Waals surface area (Å²) in [5, 5.41) is 4.04. The van der Waals surface area contributed by atoms with Crippen molar-refractivity contribution in [2.24, 2.45) is 11.7 Å². The van der Waals surface area contributed by atoms with Crippen molar-refractivity contribution in [1.29, 1.82) is 0 Å². The fourth-order valence-electron chi connectivity index (χ4n) is 2.00. The van der Waals surface area contributed by atoms with E-state index in [1.54, 1.807) is 0 Å². The Balaban J connectivity index is 2.11. The Morgan fingerprint density at radius 3 is 2.73 bits per heavy atom. The molecule has 4 unspecified atom stereocenters. The van der Waals surface area contributed by atoms with Gasteiger partial charge in [-0.25, -0.2) is 0 Å². The lowest BCUT2D eigenvalue weighted by Gasteiger charge is -2.13. The molecule has 4 heteroatoms. The Morgan fingerprint density at radius 2 is 2.27 bits per heavy atom. The van der Waals surface area contributed by atoms with E-state index in [0.29, 0.717) is 17.7 Å². The topological polar surface area (TPSA) is 64.9 Å². The minimum absolute atomic E-state index is 0.0694. The van der Waals surface area contributed by atoms with Gasteiger partial charge >= 0.3 is 0 Å². The molecule has 0 radical (unpaired) electrons. The molecule has 84 valence electrons. The molecular formula is C11H19N3O. The van der Waals surface area contributed by atoms with Gasteiger partial charge in [0.05, 0.1) is 5.92 Å². The average molecular weight is 209 g/mol. The van der Waals surface area contributed by atoms with Crippen molar-refractivity contribution in [3.63, 3.8) is 0 Å². The molecule has 0 spiro atoms. The molecule has 0 amide bonds. The molecule has 0 aromatic carbocycles. The quantitative estimate of drug-likeness (QED) is 0.824. The predicted molar refractivity (Wildman–Crippen MR) is 57.5 cm³/mol. The van der Waals surface area contributed by atoms with Crippen LogP contribution in [0.25, 0.3) is 0 Å². The molecule has 1 fully saturated rings. The lowest BCUT2D eigenvalue weighted by Crippen LogP contribution is -2.24. The molecule has 1 aromatic rings. The molecule has 15 heavy (non-hydrogen) atoms. The van der Waals surface area contributed by atoms with Gasteiger partial charge in [-0.3, -0.25) is 0 Å². The second-order valence-electron chi connectivity index (χ2n) is 4.68. The van der Waals surface area contributed by atoms with Crippen molar-refractivity contribution in [3.8, 4) is 0 Å². The van der Waals surface area contributed by atoms with Crippen LogP contribution in [0.15, 0.2) is 4.52 Å². The fraction of sp³-hybridized carbons (Fsp3) is 0.818. The van der Waals surface area contributed by atoms with E-state index >= 15 is 0 Å². The van der Waals surface area contributed by atoms with Gasteiger partial charge in [0, 0.05) is 12.0 Å². The summed E-state index contributed by atoms with van der Waals surface area (Å²) in [7, 11) is 0. The number of rotatable bonds is 4. The van der Waals surface area contributed by atoms with E-state index in [4.69, 9.17) is 10.3 Å². The summed E-state index contributed by atoms with van der Waals surface area (Å²) in [6.45, 7) is 6.29. The third kappa shape index (κ3) is 2.04. The predicted octanol–water partition coefficient (Wildman–Crippen LogP) is 2.03. The molecular weight excluding hydrogens is 190 g/mol. The van der Waals surface area contributed by atoms with E-state index in [-0.39, 0.29) is 12.0 Å². The minimum atomic E-state index is 0.0694. The highest BCUT2D eigenvalue weighted by Gasteiger charge is 2.38. The molecule has 1 aliphatic carbocycles. The highest BCUT2D eigenvalue weighted by molar-refractivity contribution is 5.09. The SMILES string of the molecule is CCC(c1nc(C2CC2C)no1)C(C)N. The Hall–Kier alpha value is -0.900. The van der Waals surface area contributed by atoms with Crippen molar-refractivity contribution >= 4 is 0 Å². The number of nitrogens with zero attached hydrogens (tertiary/aromatic N) is 2. The molecule has 1 saturated carbocycles. The van der Waals surface area contributed by atoms with Crippen molar-refractivity contribution in [1.82, 2.24) is 10.1 Å². The van der Waals surface area contributed by atoms with Crippen LogP contribution >= 0.6 is 0 Å². The van der Waals surface area contributed by atoms with Gasteiger partial charge in [0.1, 0.15) is 0 Å². The van der Waals surface area contributed by atoms with Crippen molar-refractivity contribution < 1.29 is 4.52 Å². The maximum Gasteiger partial charge on any atom is 0.231 e. The summed E-state index contributed by atoms with van der Waals surface area (Å²) < 4.78 is 5.29. The van der Waals surface area contributed by atoms with E-state index in [9.17, 15) is 0 Å². The Kier molecular flexibility index (Phi) is 2.78. The standard InChI is InChI=1S/C11H19N3O/c1-4-8(7(3)12)11-13-10(14-15-11)9-5-6(9)2/h6-9H,4-5,12H2,1-3H3. The summed E-state index contributed by atoms with van der Waals surface area (Å²) >= 11 is 0. The van der Waals surface area contributed by atoms with Crippen molar-refractivity contribution in [2.75, 3.05) is 0 Å². The fourth-order valence-corrected chi connectivity index (χ4v) is 2.00. The molecule has 4 nitrogen and oxygen atoms in total. The van der Waals surface area contributed by atoms with Crippen LogP contribution in [0, 0.1) is 5.92 Å². The zero-order chi connectivity index (χ0) is 11.0. The first-order chi connectivity index (χ1) is 7.13. The lowest BCUT2D eigenvalue weighted by atomic mass is 9.99. The summed E-state index contributed by atoms with van der Waals surface area (Å²) in [5.41, 5.74) is 5.88. The van der Waals surface area contributed by atoms with Crippen LogP contribution in [0.4, 0.5) is 0 Å². The van der Waals surface area contributed by atoms with Gasteiger partial charge in [-0.2, -0.15) is 4.98 Å². The van der Waals surface area contributed by atoms with Gasteiger partial charge < -0.3 is 10.3 Å². The Bertz CT molecular complexity index is 334. The molecule has 0 bridgehead atoms. The highest BCUT2D eigenvalue weighted by atomic mass is 16.5. The molecule has 1 heterocycles. The second-order valence-corrected chi connectivity index (χ2v) is 4.68. The highest BCUT2D eigenvalue weighted by Crippen LogP contribution is 2.45. The summed E-state index contributed by atoms with van der Waals surface area (Å²) in [5.74, 6) is 3.01. The van der Waals surface area contributed by atoms with Gasteiger partial charge in [0.2, 0.25) is 5.89 Å². The van der Waals surface area contributed by atoms with E-state index in [0.717, 1.165) is 12.2 Å². The average Bonchev–Trinajstić information content (AvgIpc) is 2.74. The third-order valence-electron chi connectivity index (χ3n) is 3.29. The summed E-state index contributed by atoms with van der Waals surface area (Å²) in [4.78, 5) is 4.46. The monoisotopic (exact) mass is 209 g/mol. The van der Waals surface area contributed by atoms with Gasteiger partial charge in [-0.1, -0.05) is 19.0 Å². The zero-order valence-electron chi connectivity index (χ0n) is 9.60. The van der Waals surface area contributed by atoms with Gasteiger partial charge in [-0.15, -0.1) is 0 Å². The first-order valence-electron chi connectivity index (χ1n) is 5.72. The molecule has 4 atom stereocenters. The van der Waals surface area contributed by atoms with Crippen LogP contribution in [-0.2, 0) is 0 Å². The Morgan fingerprint density at radius 1 is 1.60 bits per heavy atom. The van der Waals surface area contributed by atoms with Crippen LogP contribution in [-0.4, -0.2) is 16.2 Å². The third-order valence-corrected chi connectivity index (χ3v) is 3.29. The van der Waals surface area contributed by atoms with E-state index in [2.05, 4.69) is 24.0 Å². The maximum atomic E-state index is 5.88. The summed E-state index contributed by atoms with van der Waals surface area (Å²) in [6.07, 6.45) is 2.13. The molecule has 0 saturated heterocycles. The van der Waals surface area contributed by atoms with Gasteiger partial charge in [0.25, 0.3) is 0 Å². The van der Waals surface area contributed by atoms with E-state index < -0.39 is 0 Å². The molecule has 2 N–H and O–H groups in total. The van der Waals surface area contributed by atoms with Crippen LogP contribution in [0.1, 0.15) is 57.2 Å². The maximum absolute atomic E-state index is 5.88. The zero-order valence-corrected chi connectivity index (χ0v) is 9.60. The van der Waals surface area contributed by atoms with E-state index in [1.165, 1.54) is 6.42 Å². The first kappa shape index (κ1) is 10.6. The minimum Gasteiger partial charge on any atom is -0.339 e. The van der Waals surface area contributed by atoms with Crippen LogP contribution < -0.4 is 5.73 Å². The first-order valence-corrected chi connectivity index (χ1v) is 5.72. The summed E-state index contributed by atoms with van der Waals surface area (Å²) in [6, 6.07) is 0.0694. The van der Waals surface area contributed by atoms with Crippen LogP contribution in [0.2, 0.25) is 0 Å². The largest absolute Gasteiger partial charge is 0.339 e. The molecule has 2 rings (SSSR count). The number of hydrogen-bond donors (Lipinski definition) is 1. The van der Waals surface area contributed by atoms with Gasteiger partial charge in [-0.05, 0) is 25.7 Å². The second kappa shape index (κ2) is 3.93. The Labute approximate surface area is 90.2 Å². The van der Waals surface area contributed by atoms with Gasteiger partial charge in [0.15, 0.2) is 5.82 Å². The van der Waals surface area contributed by atoms with Crippen LogP contribution in [0.3, 0.4) is 0 Å². The number of nitrogens with two attached hydrogens (primary N) is 1. The lowest BCUT2D eigenvalue weighted by molar-refractivity contribution is 0.331. The van der Waals surface area contributed by atoms with E-state index in [1.807, 2.05) is 6.92 Å². The number of aromatic nitrogens is 2. The molecule has 0 aliphatic heterocycles. The van der Waals surface area contributed by atoms with Crippen molar-refractivity contribution in [2.45, 2.75) is 51.5 Å². The normalized spacial score (nSPS) is 28.8. The van der Waals surface area contributed by atoms with Crippen LogP contribution in [0.5, 0.6) is 0 Å².